The highest BCUT2D eigenvalue weighted by Gasteiger charge is 2.15. The van der Waals surface area contributed by atoms with Crippen LogP contribution >= 0.6 is 0 Å². The van der Waals surface area contributed by atoms with E-state index in [9.17, 15) is 4.79 Å². The molecule has 7 heteroatoms. The molecule has 0 spiro atoms. The number of carbonyl (C=O) groups excluding carboxylic acids is 1. The van der Waals surface area contributed by atoms with Crippen molar-refractivity contribution < 1.29 is 19.0 Å². The Morgan fingerprint density at radius 3 is 2.55 bits per heavy atom. The summed E-state index contributed by atoms with van der Waals surface area (Å²) in [7, 11) is 0. The van der Waals surface area contributed by atoms with Gasteiger partial charge in [-0.3, -0.25) is 4.79 Å². The zero-order valence-corrected chi connectivity index (χ0v) is 16.1. The Balaban J connectivity index is 1.43. The summed E-state index contributed by atoms with van der Waals surface area (Å²) in [6, 6.07) is 16.2. The van der Waals surface area contributed by atoms with Gasteiger partial charge in [0.15, 0.2) is 11.5 Å². The van der Waals surface area contributed by atoms with Crippen LogP contribution in [0.5, 0.6) is 17.2 Å². The molecular weight excluding hydrogens is 370 g/mol. The van der Waals surface area contributed by atoms with Gasteiger partial charge in [0.25, 0.3) is 5.91 Å². The Morgan fingerprint density at radius 2 is 1.76 bits per heavy atom. The second-order valence-corrected chi connectivity index (χ2v) is 6.77. The lowest BCUT2D eigenvalue weighted by atomic mass is 10.2. The number of nitrogens with zero attached hydrogens (tertiary/aromatic N) is 1. The Kier molecular flexibility index (Phi) is 5.20. The molecule has 0 unspecified atom stereocenters. The fourth-order valence-electron chi connectivity index (χ4n) is 2.85. The maximum Gasteiger partial charge on any atom is 0.255 e. The van der Waals surface area contributed by atoms with Crippen molar-refractivity contribution in [3.05, 3.63) is 66.4 Å². The third kappa shape index (κ3) is 4.57. The van der Waals surface area contributed by atoms with Gasteiger partial charge in [0.2, 0.25) is 6.79 Å². The molecule has 4 rings (SSSR count). The molecule has 0 saturated heterocycles. The summed E-state index contributed by atoms with van der Waals surface area (Å²) in [6.45, 7) is 4.16. The number of pyridine rings is 1. The Hall–Kier alpha value is -3.74. The summed E-state index contributed by atoms with van der Waals surface area (Å²) >= 11 is 0. The molecule has 0 fully saturated rings. The van der Waals surface area contributed by atoms with Crippen LogP contribution in [-0.2, 0) is 0 Å². The predicted octanol–water partition coefficient (Wildman–Crippen LogP) is 4.59. The Labute approximate surface area is 168 Å². The molecule has 1 aromatic heterocycles. The summed E-state index contributed by atoms with van der Waals surface area (Å²) < 4.78 is 16.3. The zero-order chi connectivity index (χ0) is 20.2. The van der Waals surface area contributed by atoms with Crippen LogP contribution in [0.2, 0.25) is 0 Å². The van der Waals surface area contributed by atoms with Crippen LogP contribution in [0.15, 0.2) is 60.8 Å². The molecule has 148 valence electrons. The minimum atomic E-state index is -0.241. The molecule has 3 aromatic rings. The van der Waals surface area contributed by atoms with Gasteiger partial charge in [0.1, 0.15) is 11.6 Å². The van der Waals surface area contributed by atoms with E-state index in [4.69, 9.17) is 14.2 Å². The lowest BCUT2D eigenvalue weighted by Gasteiger charge is -2.11. The second-order valence-electron chi connectivity index (χ2n) is 6.77. The van der Waals surface area contributed by atoms with Crippen LogP contribution in [0.4, 0.5) is 17.2 Å². The summed E-state index contributed by atoms with van der Waals surface area (Å²) in [6.07, 6.45) is 1.71. The van der Waals surface area contributed by atoms with Crippen LogP contribution in [0.25, 0.3) is 0 Å². The van der Waals surface area contributed by atoms with Gasteiger partial charge in [-0.15, -0.1) is 0 Å². The molecule has 29 heavy (non-hydrogen) atoms. The van der Waals surface area contributed by atoms with Gasteiger partial charge in [-0.1, -0.05) is 0 Å². The smallest absolute Gasteiger partial charge is 0.255 e. The topological polar surface area (TPSA) is 81.7 Å². The van der Waals surface area contributed by atoms with E-state index >= 15 is 0 Å². The third-order valence-electron chi connectivity index (χ3n) is 4.15. The van der Waals surface area contributed by atoms with Gasteiger partial charge in [0.05, 0.1) is 6.10 Å². The lowest BCUT2D eigenvalue weighted by molar-refractivity contribution is 0.102. The molecule has 0 aliphatic carbocycles. The van der Waals surface area contributed by atoms with Gasteiger partial charge in [0, 0.05) is 29.2 Å². The molecule has 1 aliphatic heterocycles. The number of hydrogen-bond donors (Lipinski definition) is 2. The first-order valence-corrected chi connectivity index (χ1v) is 9.27. The normalized spacial score (nSPS) is 12.0. The van der Waals surface area contributed by atoms with Crippen LogP contribution in [0.3, 0.4) is 0 Å². The molecule has 0 atom stereocenters. The van der Waals surface area contributed by atoms with E-state index < -0.39 is 0 Å². The number of anilines is 3. The van der Waals surface area contributed by atoms with Crippen molar-refractivity contribution in [3.63, 3.8) is 0 Å². The molecule has 1 aliphatic rings. The van der Waals surface area contributed by atoms with Gasteiger partial charge < -0.3 is 24.8 Å². The average molecular weight is 391 g/mol. The van der Waals surface area contributed by atoms with E-state index in [2.05, 4.69) is 15.6 Å². The van der Waals surface area contributed by atoms with E-state index in [1.165, 1.54) is 0 Å². The number of rotatable bonds is 6. The first-order valence-electron chi connectivity index (χ1n) is 9.27. The summed E-state index contributed by atoms with van der Waals surface area (Å²) in [5.41, 5.74) is 1.97. The predicted molar refractivity (Wildman–Crippen MR) is 110 cm³/mol. The van der Waals surface area contributed by atoms with Crippen molar-refractivity contribution in [2.24, 2.45) is 0 Å². The number of carbonyl (C=O) groups is 1. The number of ether oxygens (including phenoxy) is 3. The molecule has 2 aromatic carbocycles. The SMILES string of the molecule is CC(C)Oc1ccc(Nc2cc(C(=O)Nc3ccc4c(c3)OCO4)ccn2)cc1. The van der Waals surface area contributed by atoms with Gasteiger partial charge >= 0.3 is 0 Å². The zero-order valence-electron chi connectivity index (χ0n) is 16.1. The van der Waals surface area contributed by atoms with Crippen LogP contribution in [0, 0.1) is 0 Å². The Morgan fingerprint density at radius 1 is 1.00 bits per heavy atom. The molecule has 2 heterocycles. The minimum absolute atomic E-state index is 0.121. The summed E-state index contributed by atoms with van der Waals surface area (Å²) in [4.78, 5) is 16.9. The van der Waals surface area contributed by atoms with E-state index in [-0.39, 0.29) is 18.8 Å². The van der Waals surface area contributed by atoms with E-state index in [0.717, 1.165) is 11.4 Å². The number of benzene rings is 2. The van der Waals surface area contributed by atoms with Gasteiger partial charge in [-0.2, -0.15) is 0 Å². The molecule has 0 radical (unpaired) electrons. The first kappa shape index (κ1) is 18.6. The number of aromatic nitrogens is 1. The fraction of sp³-hybridized carbons (Fsp3) is 0.182. The van der Waals surface area contributed by atoms with E-state index in [0.29, 0.717) is 28.6 Å². The van der Waals surface area contributed by atoms with Crippen molar-refractivity contribution >= 4 is 23.1 Å². The van der Waals surface area contributed by atoms with E-state index in [1.54, 1.807) is 36.5 Å². The standard InChI is InChI=1S/C22H21N3O4/c1-14(2)29-18-6-3-16(4-7-18)24-21-11-15(9-10-23-21)22(26)25-17-5-8-19-20(12-17)28-13-27-19/h3-12,14H,13H2,1-2H3,(H,23,24)(H,25,26). The molecule has 0 bridgehead atoms. The maximum atomic E-state index is 12.6. The van der Waals surface area contributed by atoms with Crippen molar-refractivity contribution in [3.8, 4) is 17.2 Å². The van der Waals surface area contributed by atoms with Gasteiger partial charge in [-0.25, -0.2) is 4.98 Å². The quantitative estimate of drug-likeness (QED) is 0.639. The summed E-state index contributed by atoms with van der Waals surface area (Å²) in [5, 5.41) is 6.05. The van der Waals surface area contributed by atoms with Crippen molar-refractivity contribution in [1.29, 1.82) is 0 Å². The number of nitrogens with one attached hydrogen (secondary N) is 2. The Bertz CT molecular complexity index is 1020. The number of hydrogen-bond acceptors (Lipinski definition) is 6. The fourth-order valence-corrected chi connectivity index (χ4v) is 2.85. The molecule has 0 saturated carbocycles. The van der Waals surface area contributed by atoms with Crippen molar-refractivity contribution in [2.45, 2.75) is 20.0 Å². The first-order chi connectivity index (χ1) is 14.1. The van der Waals surface area contributed by atoms with Crippen molar-refractivity contribution in [1.82, 2.24) is 4.98 Å². The number of amides is 1. The van der Waals surface area contributed by atoms with E-state index in [1.807, 2.05) is 38.1 Å². The monoisotopic (exact) mass is 391 g/mol. The number of fused-ring (bicyclic) bond motifs is 1. The van der Waals surface area contributed by atoms with Crippen LogP contribution < -0.4 is 24.8 Å². The molecular formula is C22H21N3O4. The molecule has 2 N–H and O–H groups in total. The van der Waals surface area contributed by atoms with Crippen molar-refractivity contribution in [2.75, 3.05) is 17.4 Å². The third-order valence-corrected chi connectivity index (χ3v) is 4.15. The molecule has 7 nitrogen and oxygen atoms in total. The molecule has 1 amide bonds. The maximum absolute atomic E-state index is 12.6. The highest BCUT2D eigenvalue weighted by molar-refractivity contribution is 6.04. The van der Waals surface area contributed by atoms with Crippen LogP contribution in [-0.4, -0.2) is 23.8 Å². The largest absolute Gasteiger partial charge is 0.491 e. The second kappa shape index (κ2) is 8.10. The highest BCUT2D eigenvalue weighted by atomic mass is 16.7. The van der Waals surface area contributed by atoms with Gasteiger partial charge in [-0.05, 0) is 62.4 Å². The summed E-state index contributed by atoms with van der Waals surface area (Å²) in [5.74, 6) is 2.42. The minimum Gasteiger partial charge on any atom is -0.491 e. The van der Waals surface area contributed by atoms with Crippen LogP contribution in [0.1, 0.15) is 24.2 Å². The highest BCUT2D eigenvalue weighted by Crippen LogP contribution is 2.34. The lowest BCUT2D eigenvalue weighted by Crippen LogP contribution is -2.12. The average Bonchev–Trinajstić information content (AvgIpc) is 3.17.